The molecule has 1 saturated heterocycles. The second-order valence-corrected chi connectivity index (χ2v) is 6.34. The van der Waals surface area contributed by atoms with Crippen LogP contribution >= 0.6 is 11.6 Å². The van der Waals surface area contributed by atoms with E-state index in [1.165, 1.54) is 0 Å². The van der Waals surface area contributed by atoms with Crippen LogP contribution in [0.4, 0.5) is 4.79 Å². The molecule has 0 bridgehead atoms. The molecule has 1 heterocycles. The standard InChI is InChI=1S/C12H21ClN2O3/c1-11(2,3)18-10(17)15-6-5-14-12(4,8-15)7-9(13)16/h14H,5-8H2,1-4H3. The number of rotatable bonds is 2. The van der Waals surface area contributed by atoms with E-state index in [1.807, 2.05) is 27.7 Å². The summed E-state index contributed by atoms with van der Waals surface area (Å²) in [6, 6.07) is 0. The molecule has 1 unspecified atom stereocenters. The van der Waals surface area contributed by atoms with Crippen LogP contribution in [0.5, 0.6) is 0 Å². The van der Waals surface area contributed by atoms with Crippen molar-refractivity contribution in [2.24, 2.45) is 0 Å². The highest BCUT2D eigenvalue weighted by Crippen LogP contribution is 2.19. The molecule has 5 nitrogen and oxygen atoms in total. The summed E-state index contributed by atoms with van der Waals surface area (Å²) in [4.78, 5) is 24.6. The Morgan fingerprint density at radius 1 is 1.44 bits per heavy atom. The summed E-state index contributed by atoms with van der Waals surface area (Å²) in [7, 11) is 0. The number of carbonyl (C=O) groups is 2. The average molecular weight is 277 g/mol. The third-order valence-corrected chi connectivity index (χ3v) is 2.79. The third-order valence-electron chi connectivity index (χ3n) is 2.65. The molecular weight excluding hydrogens is 256 g/mol. The van der Waals surface area contributed by atoms with E-state index in [1.54, 1.807) is 4.90 Å². The summed E-state index contributed by atoms with van der Waals surface area (Å²) in [5.74, 6) is 0. The largest absolute Gasteiger partial charge is 0.444 e. The Kier molecular flexibility index (Phi) is 4.61. The van der Waals surface area contributed by atoms with Gasteiger partial charge < -0.3 is 15.0 Å². The topological polar surface area (TPSA) is 58.6 Å². The zero-order valence-electron chi connectivity index (χ0n) is 11.4. The second kappa shape index (κ2) is 5.45. The van der Waals surface area contributed by atoms with E-state index >= 15 is 0 Å². The number of nitrogens with zero attached hydrogens (tertiary/aromatic N) is 1. The number of halogens is 1. The van der Waals surface area contributed by atoms with Crippen molar-refractivity contribution < 1.29 is 14.3 Å². The molecule has 0 aromatic rings. The fourth-order valence-corrected chi connectivity index (χ4v) is 2.25. The number of hydrogen-bond acceptors (Lipinski definition) is 4. The quantitative estimate of drug-likeness (QED) is 0.781. The molecule has 0 aromatic carbocycles. The summed E-state index contributed by atoms with van der Waals surface area (Å²) in [6.07, 6.45) is -0.161. The van der Waals surface area contributed by atoms with Crippen molar-refractivity contribution in [2.45, 2.75) is 45.3 Å². The van der Waals surface area contributed by atoms with Crippen LogP contribution in [0, 0.1) is 0 Å². The van der Waals surface area contributed by atoms with Gasteiger partial charge in [0.1, 0.15) is 5.60 Å². The first-order valence-corrected chi connectivity index (χ1v) is 6.40. The van der Waals surface area contributed by atoms with Crippen molar-refractivity contribution in [2.75, 3.05) is 19.6 Å². The van der Waals surface area contributed by atoms with Gasteiger partial charge in [-0.3, -0.25) is 4.79 Å². The number of hydrogen-bond donors (Lipinski definition) is 1. The molecule has 104 valence electrons. The van der Waals surface area contributed by atoms with Crippen LogP contribution in [0.25, 0.3) is 0 Å². The van der Waals surface area contributed by atoms with Gasteiger partial charge in [0, 0.05) is 31.6 Å². The maximum absolute atomic E-state index is 11.9. The highest BCUT2D eigenvalue weighted by atomic mass is 35.5. The van der Waals surface area contributed by atoms with E-state index in [0.717, 1.165) is 0 Å². The van der Waals surface area contributed by atoms with Gasteiger partial charge in [0.15, 0.2) is 0 Å². The monoisotopic (exact) mass is 276 g/mol. The Hall–Kier alpha value is -0.810. The lowest BCUT2D eigenvalue weighted by molar-refractivity contribution is -0.113. The number of piperazine rings is 1. The Morgan fingerprint density at radius 2 is 2.06 bits per heavy atom. The molecule has 0 aromatic heterocycles. The van der Waals surface area contributed by atoms with E-state index in [0.29, 0.717) is 19.6 Å². The molecule has 1 aliphatic heterocycles. The minimum atomic E-state index is -0.513. The fraction of sp³-hybridized carbons (Fsp3) is 0.833. The average Bonchev–Trinajstić information content (AvgIpc) is 2.12. The highest BCUT2D eigenvalue weighted by Gasteiger charge is 2.35. The first kappa shape index (κ1) is 15.2. The van der Waals surface area contributed by atoms with E-state index in [-0.39, 0.29) is 12.5 Å². The van der Waals surface area contributed by atoms with Crippen molar-refractivity contribution in [3.05, 3.63) is 0 Å². The molecule has 1 atom stereocenters. The lowest BCUT2D eigenvalue weighted by Gasteiger charge is -2.41. The van der Waals surface area contributed by atoms with Crippen molar-refractivity contribution in [1.29, 1.82) is 0 Å². The predicted molar refractivity (Wildman–Crippen MR) is 69.7 cm³/mol. The second-order valence-electron chi connectivity index (χ2n) is 5.92. The van der Waals surface area contributed by atoms with Gasteiger partial charge in [-0.25, -0.2) is 4.79 Å². The van der Waals surface area contributed by atoms with Crippen LogP contribution in [-0.4, -0.2) is 47.0 Å². The van der Waals surface area contributed by atoms with Gasteiger partial charge >= 0.3 is 6.09 Å². The van der Waals surface area contributed by atoms with Crippen LogP contribution < -0.4 is 5.32 Å². The number of amides is 1. The number of carbonyl (C=O) groups excluding carboxylic acids is 2. The van der Waals surface area contributed by atoms with Crippen LogP contribution in [0.2, 0.25) is 0 Å². The molecular formula is C12H21ClN2O3. The van der Waals surface area contributed by atoms with Gasteiger partial charge in [0.2, 0.25) is 5.24 Å². The van der Waals surface area contributed by atoms with Gasteiger partial charge in [-0.15, -0.1) is 0 Å². The summed E-state index contributed by atoms with van der Waals surface area (Å²) in [5, 5.41) is 2.81. The van der Waals surface area contributed by atoms with Crippen LogP contribution in [-0.2, 0) is 9.53 Å². The number of ether oxygens (including phenoxy) is 1. The molecule has 1 N–H and O–H groups in total. The van der Waals surface area contributed by atoms with Gasteiger partial charge in [-0.2, -0.15) is 0 Å². The molecule has 0 saturated carbocycles. The zero-order valence-corrected chi connectivity index (χ0v) is 12.1. The van der Waals surface area contributed by atoms with Crippen molar-refractivity contribution in [1.82, 2.24) is 10.2 Å². The molecule has 6 heteroatoms. The first-order valence-electron chi connectivity index (χ1n) is 6.03. The minimum Gasteiger partial charge on any atom is -0.444 e. The fourth-order valence-electron chi connectivity index (χ4n) is 1.96. The molecule has 0 aliphatic carbocycles. The van der Waals surface area contributed by atoms with Crippen molar-refractivity contribution in [3.63, 3.8) is 0 Å². The Balaban J connectivity index is 2.63. The summed E-state index contributed by atoms with van der Waals surface area (Å²) in [6.45, 7) is 8.98. The maximum Gasteiger partial charge on any atom is 0.410 e. The molecule has 1 amide bonds. The van der Waals surface area contributed by atoms with Crippen LogP contribution in [0.3, 0.4) is 0 Å². The van der Waals surface area contributed by atoms with Gasteiger partial charge in [0.05, 0.1) is 0 Å². The molecule has 1 fully saturated rings. The molecule has 18 heavy (non-hydrogen) atoms. The van der Waals surface area contributed by atoms with Gasteiger partial charge in [-0.1, -0.05) is 0 Å². The summed E-state index contributed by atoms with van der Waals surface area (Å²) < 4.78 is 5.32. The predicted octanol–water partition coefficient (Wildman–Crippen LogP) is 1.74. The van der Waals surface area contributed by atoms with E-state index in [2.05, 4.69) is 5.32 Å². The smallest absolute Gasteiger partial charge is 0.410 e. The summed E-state index contributed by atoms with van der Waals surface area (Å²) >= 11 is 5.42. The normalized spacial score (nSPS) is 24.8. The molecule has 0 spiro atoms. The van der Waals surface area contributed by atoms with Gasteiger partial charge in [-0.05, 0) is 39.3 Å². The Bertz CT molecular complexity index is 341. The maximum atomic E-state index is 11.9. The van der Waals surface area contributed by atoms with Crippen LogP contribution in [0.1, 0.15) is 34.1 Å². The molecule has 0 radical (unpaired) electrons. The Labute approximate surface area is 113 Å². The zero-order chi connectivity index (χ0) is 14.0. The van der Waals surface area contributed by atoms with E-state index in [9.17, 15) is 9.59 Å². The van der Waals surface area contributed by atoms with E-state index < -0.39 is 16.4 Å². The number of nitrogens with one attached hydrogen (secondary N) is 1. The SMILES string of the molecule is CC1(CC(=O)Cl)CN(C(=O)OC(C)(C)C)CCN1. The molecule has 1 aliphatic rings. The minimum absolute atomic E-state index is 0.188. The molecule has 1 rings (SSSR count). The van der Waals surface area contributed by atoms with E-state index in [4.69, 9.17) is 16.3 Å². The lowest BCUT2D eigenvalue weighted by atomic mass is 9.96. The van der Waals surface area contributed by atoms with Crippen molar-refractivity contribution >= 4 is 22.9 Å². The highest BCUT2D eigenvalue weighted by molar-refractivity contribution is 6.63. The summed E-state index contributed by atoms with van der Waals surface area (Å²) in [5.41, 5.74) is -0.991. The third kappa shape index (κ3) is 4.82. The lowest BCUT2D eigenvalue weighted by Crippen LogP contribution is -2.61. The van der Waals surface area contributed by atoms with Crippen molar-refractivity contribution in [3.8, 4) is 0 Å². The first-order chi connectivity index (χ1) is 8.11. The Morgan fingerprint density at radius 3 is 2.56 bits per heavy atom. The van der Waals surface area contributed by atoms with Gasteiger partial charge in [0.25, 0.3) is 0 Å². The van der Waals surface area contributed by atoms with Crippen LogP contribution in [0.15, 0.2) is 0 Å².